The van der Waals surface area contributed by atoms with Gasteiger partial charge in [0.15, 0.2) is 5.78 Å². The second-order valence-electron chi connectivity index (χ2n) is 5.09. The van der Waals surface area contributed by atoms with E-state index in [-0.39, 0.29) is 5.78 Å². The lowest BCUT2D eigenvalue weighted by Crippen LogP contribution is -2.09. The minimum Gasteiger partial charge on any atom is -0.383 e. The number of hydrogen-bond donors (Lipinski definition) is 0. The summed E-state index contributed by atoms with van der Waals surface area (Å²) in [6.45, 7) is 0. The molecule has 0 saturated carbocycles. The molecule has 0 saturated heterocycles. The van der Waals surface area contributed by atoms with E-state index in [0.717, 1.165) is 0 Å². The number of hydrogen-bond acceptors (Lipinski definition) is 2. The molecule has 0 spiro atoms. The van der Waals surface area contributed by atoms with Gasteiger partial charge in [-0.25, -0.2) is 0 Å². The van der Waals surface area contributed by atoms with E-state index in [0.29, 0.717) is 36.8 Å². The number of Topliss-reactive ketones (excluding diaryl/α,β-unsaturated/α-hetero) is 1. The summed E-state index contributed by atoms with van der Waals surface area (Å²) in [5.74, 6) is -0.185. The normalized spacial score (nSPS) is 11.5. The van der Waals surface area contributed by atoms with Gasteiger partial charge in [-0.1, -0.05) is 52.5 Å². The Bertz CT molecular complexity index is 784. The van der Waals surface area contributed by atoms with Crippen LogP contribution in [0.25, 0.3) is 5.57 Å². The first-order valence-corrected chi connectivity index (χ1v) is 8.14. The van der Waals surface area contributed by atoms with Crippen LogP contribution in [0.1, 0.15) is 15.9 Å². The van der Waals surface area contributed by atoms with Crippen molar-refractivity contribution in [3.05, 3.63) is 73.8 Å². The number of carbonyl (C=O) groups excluding carboxylic acids is 1. The Labute approximate surface area is 155 Å². The summed E-state index contributed by atoms with van der Waals surface area (Å²) in [5, 5.41) is 1.55. The number of rotatable bonds is 4. The summed E-state index contributed by atoms with van der Waals surface area (Å²) in [6.07, 6.45) is 1.73. The van der Waals surface area contributed by atoms with Gasteiger partial charge < -0.3 is 4.90 Å². The molecule has 23 heavy (non-hydrogen) atoms. The van der Waals surface area contributed by atoms with E-state index in [1.165, 1.54) is 0 Å². The predicted octanol–water partition coefficient (Wildman–Crippen LogP) is 6.09. The largest absolute Gasteiger partial charge is 0.383 e. The minimum absolute atomic E-state index is 0.185. The van der Waals surface area contributed by atoms with Crippen LogP contribution in [0.2, 0.25) is 20.1 Å². The fourth-order valence-corrected chi connectivity index (χ4v) is 2.58. The van der Waals surface area contributed by atoms with Crippen LogP contribution in [0.15, 0.2) is 42.6 Å². The van der Waals surface area contributed by atoms with Gasteiger partial charge in [-0.3, -0.25) is 4.79 Å². The van der Waals surface area contributed by atoms with Crippen molar-refractivity contribution in [2.75, 3.05) is 14.1 Å². The third-order valence-corrected chi connectivity index (χ3v) is 4.52. The molecule has 0 bridgehead atoms. The van der Waals surface area contributed by atoms with Gasteiger partial charge in [-0.2, -0.15) is 0 Å². The highest BCUT2D eigenvalue weighted by molar-refractivity contribution is 6.43. The monoisotopic (exact) mass is 387 g/mol. The molecule has 0 fully saturated rings. The third kappa shape index (κ3) is 4.42. The van der Waals surface area contributed by atoms with E-state index in [9.17, 15) is 4.79 Å². The molecule has 0 N–H and O–H groups in total. The van der Waals surface area contributed by atoms with Gasteiger partial charge in [0.05, 0.1) is 20.1 Å². The predicted molar refractivity (Wildman–Crippen MR) is 98.9 cm³/mol. The number of ketones is 1. The van der Waals surface area contributed by atoms with Crippen molar-refractivity contribution < 1.29 is 4.79 Å². The zero-order chi connectivity index (χ0) is 17.1. The Kier molecular flexibility index (Phi) is 5.99. The molecule has 0 aliphatic carbocycles. The molecule has 2 aromatic rings. The Morgan fingerprint density at radius 1 is 0.826 bits per heavy atom. The second-order valence-corrected chi connectivity index (χ2v) is 6.72. The van der Waals surface area contributed by atoms with Crippen molar-refractivity contribution in [1.82, 2.24) is 4.90 Å². The number of benzene rings is 2. The molecular weight excluding hydrogens is 376 g/mol. The Morgan fingerprint density at radius 3 is 1.78 bits per heavy atom. The highest BCUT2D eigenvalue weighted by Crippen LogP contribution is 2.30. The molecule has 0 amide bonds. The lowest BCUT2D eigenvalue weighted by molar-refractivity contribution is 0.105. The smallest absolute Gasteiger partial charge is 0.195 e. The first-order chi connectivity index (χ1) is 10.8. The SMILES string of the molecule is CN(C)C=C(C(=O)c1ccc(Cl)c(Cl)c1)c1ccc(Cl)c(Cl)c1. The van der Waals surface area contributed by atoms with E-state index in [4.69, 9.17) is 46.4 Å². The first kappa shape index (κ1) is 18.2. The molecule has 2 nitrogen and oxygen atoms in total. The van der Waals surface area contributed by atoms with E-state index in [2.05, 4.69) is 0 Å². The zero-order valence-electron chi connectivity index (χ0n) is 12.4. The quantitative estimate of drug-likeness (QED) is 0.466. The number of halogens is 4. The topological polar surface area (TPSA) is 20.3 Å². The third-order valence-electron chi connectivity index (χ3n) is 3.04. The van der Waals surface area contributed by atoms with Crippen LogP contribution in [0.4, 0.5) is 0 Å². The molecule has 0 aliphatic heterocycles. The minimum atomic E-state index is -0.185. The van der Waals surface area contributed by atoms with Crippen molar-refractivity contribution >= 4 is 57.8 Å². The molecule has 2 aromatic carbocycles. The standard InChI is InChI=1S/C17H13Cl4NO/c1-22(2)9-12(10-3-5-13(18)15(20)7-10)17(23)11-4-6-14(19)16(21)8-11/h3-9H,1-2H3. The molecule has 0 aliphatic rings. The van der Waals surface area contributed by atoms with E-state index < -0.39 is 0 Å². The summed E-state index contributed by atoms with van der Waals surface area (Å²) in [4.78, 5) is 14.7. The molecule has 0 aromatic heterocycles. The van der Waals surface area contributed by atoms with Crippen LogP contribution in [0, 0.1) is 0 Å². The van der Waals surface area contributed by atoms with Gasteiger partial charge in [0.25, 0.3) is 0 Å². The van der Waals surface area contributed by atoms with Gasteiger partial charge in [-0.05, 0) is 35.9 Å². The van der Waals surface area contributed by atoms with Crippen LogP contribution < -0.4 is 0 Å². The highest BCUT2D eigenvalue weighted by Gasteiger charge is 2.17. The van der Waals surface area contributed by atoms with Crippen LogP contribution >= 0.6 is 46.4 Å². The Hall–Kier alpha value is -1.19. The maximum atomic E-state index is 12.9. The Morgan fingerprint density at radius 2 is 1.30 bits per heavy atom. The number of nitrogens with zero attached hydrogens (tertiary/aromatic N) is 1. The van der Waals surface area contributed by atoms with Crippen molar-refractivity contribution in [1.29, 1.82) is 0 Å². The lowest BCUT2D eigenvalue weighted by Gasteiger charge is -2.13. The summed E-state index contributed by atoms with van der Waals surface area (Å²) in [6, 6.07) is 9.85. The van der Waals surface area contributed by atoms with Crippen LogP contribution in [-0.2, 0) is 0 Å². The van der Waals surface area contributed by atoms with Crippen molar-refractivity contribution in [2.24, 2.45) is 0 Å². The molecule has 0 atom stereocenters. The molecule has 0 radical (unpaired) electrons. The average Bonchev–Trinajstić information content (AvgIpc) is 2.49. The highest BCUT2D eigenvalue weighted by atomic mass is 35.5. The fraction of sp³-hybridized carbons (Fsp3) is 0.118. The summed E-state index contributed by atoms with van der Waals surface area (Å²) < 4.78 is 0. The van der Waals surface area contributed by atoms with Gasteiger partial charge in [0, 0.05) is 31.4 Å². The maximum absolute atomic E-state index is 12.9. The van der Waals surface area contributed by atoms with E-state index in [1.807, 2.05) is 14.1 Å². The molecule has 0 heterocycles. The van der Waals surface area contributed by atoms with Gasteiger partial charge in [0.1, 0.15) is 0 Å². The second kappa shape index (κ2) is 7.59. The summed E-state index contributed by atoms with van der Waals surface area (Å²) in [5.41, 5.74) is 1.59. The van der Waals surface area contributed by atoms with Crippen LogP contribution in [0.3, 0.4) is 0 Å². The zero-order valence-corrected chi connectivity index (χ0v) is 15.4. The van der Waals surface area contributed by atoms with Crippen molar-refractivity contribution in [3.63, 3.8) is 0 Å². The molecule has 2 rings (SSSR count). The lowest BCUT2D eigenvalue weighted by atomic mass is 9.97. The first-order valence-electron chi connectivity index (χ1n) is 6.63. The summed E-state index contributed by atoms with van der Waals surface area (Å²) in [7, 11) is 3.67. The van der Waals surface area contributed by atoms with Gasteiger partial charge >= 0.3 is 0 Å². The Balaban J connectivity index is 2.52. The molecule has 0 unspecified atom stereocenters. The number of allylic oxidation sites excluding steroid dienone is 1. The number of carbonyl (C=O) groups is 1. The van der Waals surface area contributed by atoms with E-state index >= 15 is 0 Å². The fourth-order valence-electron chi connectivity index (χ4n) is 1.98. The average molecular weight is 389 g/mol. The molecular formula is C17H13Cl4NO. The maximum Gasteiger partial charge on any atom is 0.195 e. The van der Waals surface area contributed by atoms with Crippen LogP contribution in [0.5, 0.6) is 0 Å². The van der Waals surface area contributed by atoms with Crippen molar-refractivity contribution in [2.45, 2.75) is 0 Å². The van der Waals surface area contributed by atoms with Gasteiger partial charge in [-0.15, -0.1) is 0 Å². The summed E-state index contributed by atoms with van der Waals surface area (Å²) >= 11 is 23.9. The molecule has 120 valence electrons. The molecule has 6 heteroatoms. The van der Waals surface area contributed by atoms with E-state index in [1.54, 1.807) is 47.5 Å². The van der Waals surface area contributed by atoms with Crippen LogP contribution in [-0.4, -0.2) is 24.8 Å². The van der Waals surface area contributed by atoms with Gasteiger partial charge in [0.2, 0.25) is 0 Å². The van der Waals surface area contributed by atoms with Crippen molar-refractivity contribution in [3.8, 4) is 0 Å².